The molecule has 1 aliphatic rings. The van der Waals surface area contributed by atoms with Crippen LogP contribution in [0.4, 0.5) is 0 Å². The number of nitrogens with zero attached hydrogens (tertiary/aromatic N) is 3. The first-order valence-electron chi connectivity index (χ1n) is 10.0. The van der Waals surface area contributed by atoms with Crippen molar-refractivity contribution in [2.75, 3.05) is 19.4 Å². The van der Waals surface area contributed by atoms with Crippen LogP contribution in [0.15, 0.2) is 24.3 Å². The summed E-state index contributed by atoms with van der Waals surface area (Å²) in [4.78, 5) is 25.4. The first-order valence-corrected chi connectivity index (χ1v) is 11.7. The Bertz CT molecular complexity index is 930. The Morgan fingerprint density at radius 2 is 1.55 bits per heavy atom. The molecule has 0 radical (unpaired) electrons. The third-order valence-electron chi connectivity index (χ3n) is 4.79. The predicted molar refractivity (Wildman–Crippen MR) is 108 cm³/mol. The lowest BCUT2D eigenvalue weighted by atomic mass is 9.90. The van der Waals surface area contributed by atoms with E-state index in [0.717, 1.165) is 25.7 Å². The molecule has 0 fully saturated rings. The van der Waals surface area contributed by atoms with E-state index in [1.807, 2.05) is 0 Å². The van der Waals surface area contributed by atoms with E-state index in [2.05, 4.69) is 10.3 Å². The summed E-state index contributed by atoms with van der Waals surface area (Å²) < 4.78 is 24.5. The van der Waals surface area contributed by atoms with Crippen LogP contribution in [0.2, 0.25) is 0 Å². The van der Waals surface area contributed by atoms with Crippen molar-refractivity contribution in [3.8, 4) is 0 Å². The van der Waals surface area contributed by atoms with E-state index in [1.54, 1.807) is 38.1 Å². The summed E-state index contributed by atoms with van der Waals surface area (Å²) in [5.41, 5.74) is 1.18. The Morgan fingerprint density at radius 1 is 0.931 bits per heavy atom. The lowest BCUT2D eigenvalue weighted by Crippen LogP contribution is -2.23. The van der Waals surface area contributed by atoms with E-state index in [1.165, 1.54) is 4.68 Å². The van der Waals surface area contributed by atoms with Crippen LogP contribution < -0.4 is 0 Å². The average Bonchev–Trinajstić information content (AvgIpc) is 3.13. The largest absolute Gasteiger partial charge is 0.330 e. The van der Waals surface area contributed by atoms with E-state index < -0.39 is 7.60 Å². The second-order valence-electron chi connectivity index (χ2n) is 6.80. The second kappa shape index (κ2) is 9.57. The van der Waals surface area contributed by atoms with Gasteiger partial charge in [-0.2, -0.15) is 0 Å². The fourth-order valence-corrected chi connectivity index (χ4v) is 5.19. The van der Waals surface area contributed by atoms with E-state index in [4.69, 9.17) is 9.05 Å². The summed E-state index contributed by atoms with van der Waals surface area (Å²) in [6.45, 7) is 4.83. The molecule has 1 aliphatic carbocycles. The van der Waals surface area contributed by atoms with Gasteiger partial charge in [-0.15, -0.1) is 5.10 Å². The van der Waals surface area contributed by atoms with Crippen LogP contribution >= 0.6 is 7.60 Å². The van der Waals surface area contributed by atoms with E-state index in [9.17, 15) is 14.2 Å². The summed E-state index contributed by atoms with van der Waals surface area (Å²) in [7, 11) is -2.99. The van der Waals surface area contributed by atoms with Crippen LogP contribution in [0.5, 0.6) is 0 Å². The molecule has 0 saturated carbocycles. The lowest BCUT2D eigenvalue weighted by Gasteiger charge is -2.16. The summed E-state index contributed by atoms with van der Waals surface area (Å²) >= 11 is 0. The number of aryl methyl sites for hydroxylation is 1. The first-order chi connectivity index (χ1) is 14.0. The van der Waals surface area contributed by atoms with Crippen molar-refractivity contribution in [1.29, 1.82) is 0 Å². The zero-order chi connectivity index (χ0) is 20.9. The van der Waals surface area contributed by atoms with Gasteiger partial charge in [-0.3, -0.25) is 14.2 Å². The summed E-state index contributed by atoms with van der Waals surface area (Å²) in [6.07, 6.45) is 3.63. The van der Waals surface area contributed by atoms with Gasteiger partial charge in [-0.1, -0.05) is 42.3 Å². The minimum absolute atomic E-state index is 0.128. The zero-order valence-electron chi connectivity index (χ0n) is 16.8. The van der Waals surface area contributed by atoms with Gasteiger partial charge in [-0.05, 0) is 26.7 Å². The smallest absolute Gasteiger partial charge is 0.309 e. The number of ketones is 2. The van der Waals surface area contributed by atoms with Crippen LogP contribution in [-0.4, -0.2) is 45.9 Å². The van der Waals surface area contributed by atoms with Crippen molar-refractivity contribution in [3.05, 3.63) is 46.8 Å². The molecule has 0 unspecified atom stereocenters. The Balaban J connectivity index is 1.53. The maximum Gasteiger partial charge on any atom is 0.330 e. The number of fused-ring (bicyclic) bond motifs is 2. The number of hydrogen-bond acceptors (Lipinski definition) is 7. The molecule has 0 saturated heterocycles. The third kappa shape index (κ3) is 4.71. The number of benzene rings is 1. The minimum atomic E-state index is -2.99. The Labute approximate surface area is 170 Å². The van der Waals surface area contributed by atoms with Gasteiger partial charge in [0.1, 0.15) is 5.69 Å². The van der Waals surface area contributed by atoms with Gasteiger partial charge >= 0.3 is 7.60 Å². The standard InChI is InChI=1S/C20H26N3O5P/c1-3-27-29(26,28-4-2)14-10-6-5-9-13-23-18-17(21-22-23)19(24)15-11-7-8-12-16(15)20(18)25/h7-8,11-12H,3-6,9-10,13-14H2,1-2H3. The van der Waals surface area contributed by atoms with Crippen LogP contribution in [0.25, 0.3) is 0 Å². The summed E-state index contributed by atoms with van der Waals surface area (Å²) in [5.74, 6) is -0.474. The number of hydrogen-bond donors (Lipinski definition) is 0. The number of unbranched alkanes of at least 4 members (excludes halogenated alkanes) is 3. The fourth-order valence-electron chi connectivity index (χ4n) is 3.46. The molecular weight excluding hydrogens is 393 g/mol. The molecule has 8 nitrogen and oxygen atoms in total. The highest BCUT2D eigenvalue weighted by Crippen LogP contribution is 2.48. The Hall–Kier alpha value is -2.15. The number of carbonyl (C=O) groups excluding carboxylic acids is 2. The van der Waals surface area contributed by atoms with E-state index in [0.29, 0.717) is 37.0 Å². The van der Waals surface area contributed by atoms with Crippen LogP contribution in [0.1, 0.15) is 71.6 Å². The highest BCUT2D eigenvalue weighted by Gasteiger charge is 2.34. The quantitative estimate of drug-likeness (QED) is 0.343. The zero-order valence-corrected chi connectivity index (χ0v) is 17.7. The van der Waals surface area contributed by atoms with Crippen LogP contribution in [-0.2, 0) is 20.2 Å². The normalized spacial score (nSPS) is 13.4. The minimum Gasteiger partial charge on any atom is -0.309 e. The van der Waals surface area contributed by atoms with Crippen molar-refractivity contribution in [3.63, 3.8) is 0 Å². The molecule has 0 amide bonds. The van der Waals surface area contributed by atoms with Gasteiger partial charge in [0, 0.05) is 17.7 Å². The molecule has 3 rings (SSSR count). The van der Waals surface area contributed by atoms with Crippen molar-refractivity contribution in [2.24, 2.45) is 0 Å². The van der Waals surface area contributed by atoms with Gasteiger partial charge in [0.25, 0.3) is 0 Å². The van der Waals surface area contributed by atoms with Crippen molar-refractivity contribution < 1.29 is 23.2 Å². The third-order valence-corrected chi connectivity index (χ3v) is 6.95. The Morgan fingerprint density at radius 3 is 2.21 bits per heavy atom. The maximum atomic E-state index is 12.8. The van der Waals surface area contributed by atoms with Gasteiger partial charge in [0.2, 0.25) is 11.6 Å². The lowest BCUT2D eigenvalue weighted by molar-refractivity contribution is 0.0970. The molecule has 1 aromatic carbocycles. The molecule has 1 heterocycles. The summed E-state index contributed by atoms with van der Waals surface area (Å²) in [6, 6.07) is 6.77. The SMILES string of the molecule is CCOP(=O)(CCCCCCn1nnc2c1C(=O)c1ccccc1C2=O)OCC. The molecular formula is C20H26N3O5P. The molecule has 0 aliphatic heterocycles. The van der Waals surface area contributed by atoms with Gasteiger partial charge in [0.15, 0.2) is 5.69 Å². The van der Waals surface area contributed by atoms with E-state index in [-0.39, 0.29) is 23.0 Å². The molecule has 2 aromatic rings. The number of aromatic nitrogens is 3. The maximum absolute atomic E-state index is 12.8. The van der Waals surface area contributed by atoms with Gasteiger partial charge in [0.05, 0.1) is 19.4 Å². The van der Waals surface area contributed by atoms with E-state index >= 15 is 0 Å². The van der Waals surface area contributed by atoms with Crippen molar-refractivity contribution in [1.82, 2.24) is 15.0 Å². The molecule has 9 heteroatoms. The highest BCUT2D eigenvalue weighted by atomic mass is 31.2. The molecule has 156 valence electrons. The summed E-state index contributed by atoms with van der Waals surface area (Å²) in [5, 5.41) is 7.98. The van der Waals surface area contributed by atoms with Gasteiger partial charge in [-0.25, -0.2) is 4.68 Å². The van der Waals surface area contributed by atoms with Crippen molar-refractivity contribution >= 4 is 19.2 Å². The average molecular weight is 419 g/mol. The van der Waals surface area contributed by atoms with Crippen LogP contribution in [0, 0.1) is 0 Å². The molecule has 29 heavy (non-hydrogen) atoms. The predicted octanol–water partition coefficient (Wildman–Crippen LogP) is 3.88. The molecule has 0 N–H and O–H groups in total. The fraction of sp³-hybridized carbons (Fsp3) is 0.500. The van der Waals surface area contributed by atoms with Crippen molar-refractivity contribution in [2.45, 2.75) is 46.1 Å². The number of carbonyl (C=O) groups is 2. The first kappa shape index (κ1) is 21.6. The Kier molecular flexibility index (Phi) is 7.11. The van der Waals surface area contributed by atoms with Crippen LogP contribution in [0.3, 0.4) is 0 Å². The van der Waals surface area contributed by atoms with Gasteiger partial charge < -0.3 is 9.05 Å². The second-order valence-corrected chi connectivity index (χ2v) is 8.98. The highest BCUT2D eigenvalue weighted by molar-refractivity contribution is 7.53. The molecule has 0 bridgehead atoms. The molecule has 0 atom stereocenters. The molecule has 1 aromatic heterocycles. The monoisotopic (exact) mass is 419 g/mol. The number of rotatable bonds is 11. The molecule has 0 spiro atoms. The topological polar surface area (TPSA) is 100 Å².